The molecule has 1 aromatic carbocycles. The lowest BCUT2D eigenvalue weighted by atomic mass is 9.85. The van der Waals surface area contributed by atoms with Gasteiger partial charge < -0.3 is 14.9 Å². The highest BCUT2D eigenvalue weighted by Gasteiger charge is 2.32. The lowest BCUT2D eigenvalue weighted by molar-refractivity contribution is -0.133. The van der Waals surface area contributed by atoms with E-state index in [0.29, 0.717) is 37.5 Å². The van der Waals surface area contributed by atoms with E-state index in [9.17, 15) is 14.7 Å². The summed E-state index contributed by atoms with van der Waals surface area (Å²) < 4.78 is 1.80. The van der Waals surface area contributed by atoms with Gasteiger partial charge in [0.05, 0.1) is 6.10 Å². The predicted molar refractivity (Wildman–Crippen MR) is 130 cm³/mol. The van der Waals surface area contributed by atoms with E-state index in [1.54, 1.807) is 9.58 Å². The summed E-state index contributed by atoms with van der Waals surface area (Å²) in [4.78, 5) is 30.1. The van der Waals surface area contributed by atoms with Crippen molar-refractivity contribution in [3.05, 3.63) is 51.8 Å². The molecule has 3 heterocycles. The van der Waals surface area contributed by atoms with Crippen LogP contribution < -0.4 is 0 Å². The summed E-state index contributed by atoms with van der Waals surface area (Å²) >= 11 is 0. The minimum absolute atomic E-state index is 0.0504. The number of piperidine rings is 2. The molecule has 3 aliphatic rings. The van der Waals surface area contributed by atoms with E-state index in [1.807, 2.05) is 4.90 Å². The maximum Gasteiger partial charge on any atom is 0.274 e. The second-order valence-electron chi connectivity index (χ2n) is 10.3. The molecule has 0 radical (unpaired) electrons. The molecular weight excluding hydrogens is 428 g/mol. The van der Waals surface area contributed by atoms with Crippen LogP contribution in [-0.2, 0) is 24.2 Å². The molecule has 0 bridgehead atoms. The Morgan fingerprint density at radius 2 is 1.71 bits per heavy atom. The second kappa shape index (κ2) is 9.53. The molecule has 0 unspecified atom stereocenters. The Balaban J connectivity index is 1.24. The highest BCUT2D eigenvalue weighted by Crippen LogP contribution is 2.32. The molecule has 0 spiro atoms. The van der Waals surface area contributed by atoms with Crippen LogP contribution in [0.25, 0.3) is 0 Å². The number of aliphatic hydroxyl groups is 1. The number of carbonyl (C=O) groups excluding carboxylic acids is 2. The molecule has 2 aromatic rings. The van der Waals surface area contributed by atoms with E-state index >= 15 is 0 Å². The quantitative estimate of drug-likeness (QED) is 0.755. The smallest absolute Gasteiger partial charge is 0.274 e. The average molecular weight is 465 g/mol. The number of aromatic nitrogens is 2. The monoisotopic (exact) mass is 464 g/mol. The number of hydrogen-bond donors (Lipinski definition) is 1. The van der Waals surface area contributed by atoms with Crippen molar-refractivity contribution in [2.75, 3.05) is 26.2 Å². The number of hydrogen-bond acceptors (Lipinski definition) is 4. The van der Waals surface area contributed by atoms with Crippen molar-refractivity contribution >= 4 is 11.8 Å². The summed E-state index contributed by atoms with van der Waals surface area (Å²) in [6.07, 6.45) is 5.61. The summed E-state index contributed by atoms with van der Waals surface area (Å²) in [6.45, 7) is 7.23. The Bertz CT molecular complexity index is 1080. The maximum atomic E-state index is 13.2. The van der Waals surface area contributed by atoms with Crippen molar-refractivity contribution < 1.29 is 14.7 Å². The van der Waals surface area contributed by atoms with E-state index in [4.69, 9.17) is 0 Å². The molecule has 1 aromatic heterocycles. The Hall–Kier alpha value is -2.67. The standard InChI is InChI=1S/C27H36N4O3/c1-18-5-3-6-22(19(18)2)20-9-13-29(14-10-20)25(33)17-31-24-8-4-7-23(24)26(28-31)27(34)30-15-11-21(32)12-16-30/h3,5-6,20-21,32H,4,7-17H2,1-2H3. The zero-order chi connectivity index (χ0) is 23.8. The van der Waals surface area contributed by atoms with Gasteiger partial charge in [-0.2, -0.15) is 5.10 Å². The van der Waals surface area contributed by atoms with Gasteiger partial charge in [-0.15, -0.1) is 0 Å². The number of amides is 2. The fraction of sp³-hybridized carbons (Fsp3) is 0.593. The summed E-state index contributed by atoms with van der Waals surface area (Å²) in [5.74, 6) is 0.549. The molecular formula is C27H36N4O3. The third-order valence-electron chi connectivity index (χ3n) is 8.18. The molecule has 182 valence electrons. The Morgan fingerprint density at radius 1 is 1.00 bits per heavy atom. The summed E-state index contributed by atoms with van der Waals surface area (Å²) in [5.41, 5.74) is 6.72. The molecule has 1 aliphatic carbocycles. The number of likely N-dealkylation sites (tertiary alicyclic amines) is 2. The first kappa shape index (κ1) is 23.1. The van der Waals surface area contributed by atoms with E-state index in [0.717, 1.165) is 56.5 Å². The first-order chi connectivity index (χ1) is 16.4. The Labute approximate surface area is 201 Å². The number of rotatable bonds is 4. The number of benzene rings is 1. The lowest BCUT2D eigenvalue weighted by Gasteiger charge is -2.33. The van der Waals surface area contributed by atoms with Gasteiger partial charge in [0, 0.05) is 37.4 Å². The van der Waals surface area contributed by atoms with Gasteiger partial charge in [0.1, 0.15) is 6.54 Å². The molecule has 1 N–H and O–H groups in total. The number of fused-ring (bicyclic) bond motifs is 1. The van der Waals surface area contributed by atoms with E-state index < -0.39 is 0 Å². The van der Waals surface area contributed by atoms with E-state index in [2.05, 4.69) is 37.1 Å². The Kier molecular flexibility index (Phi) is 6.47. The molecule has 5 rings (SSSR count). The van der Waals surface area contributed by atoms with Crippen LogP contribution in [0.3, 0.4) is 0 Å². The van der Waals surface area contributed by atoms with Gasteiger partial charge in [0.2, 0.25) is 5.91 Å². The van der Waals surface area contributed by atoms with E-state index in [1.165, 1.54) is 16.7 Å². The number of nitrogens with zero attached hydrogens (tertiary/aromatic N) is 4. The number of aliphatic hydroxyl groups excluding tert-OH is 1. The largest absolute Gasteiger partial charge is 0.393 e. The topological polar surface area (TPSA) is 78.7 Å². The average Bonchev–Trinajstić information content (AvgIpc) is 3.45. The van der Waals surface area contributed by atoms with Gasteiger partial charge in [0.25, 0.3) is 5.91 Å². The van der Waals surface area contributed by atoms with Crippen LogP contribution in [0.2, 0.25) is 0 Å². The lowest BCUT2D eigenvalue weighted by Crippen LogP contribution is -2.41. The number of aryl methyl sites for hydroxylation is 1. The maximum absolute atomic E-state index is 13.2. The molecule has 2 fully saturated rings. The minimum atomic E-state index is -0.316. The SMILES string of the molecule is Cc1cccc(C2CCN(C(=O)Cn3nc(C(=O)N4CCC(O)CC4)c4c3CCC4)CC2)c1C. The molecule has 7 nitrogen and oxygen atoms in total. The minimum Gasteiger partial charge on any atom is -0.393 e. The fourth-order valence-corrected chi connectivity index (χ4v) is 5.91. The van der Waals surface area contributed by atoms with Gasteiger partial charge in [-0.1, -0.05) is 18.2 Å². The molecule has 2 saturated heterocycles. The normalized spacial score (nSPS) is 19.5. The van der Waals surface area contributed by atoms with Crippen molar-refractivity contribution in [1.82, 2.24) is 19.6 Å². The van der Waals surface area contributed by atoms with Crippen LogP contribution in [0, 0.1) is 13.8 Å². The number of carbonyl (C=O) groups is 2. The van der Waals surface area contributed by atoms with E-state index in [-0.39, 0.29) is 24.5 Å². The fourth-order valence-electron chi connectivity index (χ4n) is 5.91. The summed E-state index contributed by atoms with van der Waals surface area (Å²) in [5, 5.41) is 14.4. The molecule has 0 saturated carbocycles. The third-order valence-corrected chi connectivity index (χ3v) is 8.18. The van der Waals surface area contributed by atoms with Crippen molar-refractivity contribution in [1.29, 1.82) is 0 Å². The van der Waals surface area contributed by atoms with Crippen molar-refractivity contribution in [2.45, 2.75) is 77.4 Å². The first-order valence-electron chi connectivity index (χ1n) is 12.8. The third kappa shape index (κ3) is 4.38. The van der Waals surface area contributed by atoms with Gasteiger partial charge in [-0.25, -0.2) is 0 Å². The van der Waals surface area contributed by atoms with Gasteiger partial charge in [-0.05, 0) is 81.4 Å². The highest BCUT2D eigenvalue weighted by molar-refractivity contribution is 5.94. The molecule has 7 heteroatoms. The van der Waals surface area contributed by atoms with Crippen molar-refractivity contribution in [3.8, 4) is 0 Å². The molecule has 0 atom stereocenters. The molecule has 2 aliphatic heterocycles. The molecule has 2 amide bonds. The predicted octanol–water partition coefficient (Wildman–Crippen LogP) is 2.99. The van der Waals surface area contributed by atoms with Crippen molar-refractivity contribution in [3.63, 3.8) is 0 Å². The van der Waals surface area contributed by atoms with Crippen LogP contribution in [-0.4, -0.2) is 68.8 Å². The zero-order valence-corrected chi connectivity index (χ0v) is 20.4. The van der Waals surface area contributed by atoms with Crippen LogP contribution in [0.15, 0.2) is 18.2 Å². The van der Waals surface area contributed by atoms with Crippen molar-refractivity contribution in [2.24, 2.45) is 0 Å². The zero-order valence-electron chi connectivity index (χ0n) is 20.4. The first-order valence-corrected chi connectivity index (χ1v) is 12.8. The van der Waals surface area contributed by atoms with Gasteiger partial charge in [-0.3, -0.25) is 14.3 Å². The van der Waals surface area contributed by atoms with Crippen LogP contribution in [0.4, 0.5) is 0 Å². The summed E-state index contributed by atoms with van der Waals surface area (Å²) in [6, 6.07) is 6.53. The van der Waals surface area contributed by atoms with Crippen LogP contribution >= 0.6 is 0 Å². The van der Waals surface area contributed by atoms with Crippen LogP contribution in [0.1, 0.15) is 76.5 Å². The second-order valence-corrected chi connectivity index (χ2v) is 10.3. The van der Waals surface area contributed by atoms with Crippen LogP contribution in [0.5, 0.6) is 0 Å². The molecule has 34 heavy (non-hydrogen) atoms. The van der Waals surface area contributed by atoms with Gasteiger partial charge in [0.15, 0.2) is 5.69 Å². The van der Waals surface area contributed by atoms with Gasteiger partial charge >= 0.3 is 0 Å². The Morgan fingerprint density at radius 3 is 2.44 bits per heavy atom. The highest BCUT2D eigenvalue weighted by atomic mass is 16.3. The summed E-state index contributed by atoms with van der Waals surface area (Å²) in [7, 11) is 0.